The van der Waals surface area contributed by atoms with Crippen LogP contribution in [0, 0.1) is 0 Å². The maximum atomic E-state index is 8.55. The molecular formula is CaNa4O8P2. The Hall–Kier alpha value is 5.48. The van der Waals surface area contributed by atoms with E-state index in [0.29, 0.717) is 0 Å². The summed E-state index contributed by atoms with van der Waals surface area (Å²) in [5.41, 5.74) is 0. The molecular weight excluding hydrogens is 322 g/mol. The van der Waals surface area contributed by atoms with Crippen LogP contribution in [0.15, 0.2) is 0 Å². The average Bonchev–Trinajstić information content (AvgIpc) is 1.12. The second-order valence-electron chi connectivity index (χ2n) is 0.894. The summed E-state index contributed by atoms with van der Waals surface area (Å²) in [7, 11) is -10.8. The van der Waals surface area contributed by atoms with Gasteiger partial charge in [0, 0.05) is 0 Å². The van der Waals surface area contributed by atoms with Gasteiger partial charge in [-0.3, -0.25) is 0 Å². The predicted octanol–water partition coefficient (Wildman–Crippen LogP) is -18.0. The molecule has 8 nitrogen and oxygen atoms in total. The van der Waals surface area contributed by atoms with Crippen LogP contribution >= 0.6 is 15.6 Å². The van der Waals surface area contributed by atoms with Crippen molar-refractivity contribution in [3.63, 3.8) is 0 Å². The van der Waals surface area contributed by atoms with E-state index >= 15 is 0 Å². The Labute approximate surface area is 205 Å². The van der Waals surface area contributed by atoms with E-state index in [4.69, 9.17) is 38.5 Å². The molecule has 64 valence electrons. The molecule has 0 unspecified atom stereocenters. The van der Waals surface area contributed by atoms with Gasteiger partial charge in [-0.1, -0.05) is 0 Å². The summed E-state index contributed by atoms with van der Waals surface area (Å²) in [6.07, 6.45) is 0. The Morgan fingerprint density at radius 3 is 0.533 bits per heavy atom. The molecule has 0 aromatic rings. The monoisotopic (exact) mass is 322 g/mol. The molecule has 0 bridgehead atoms. The Kier molecular flexibility index (Phi) is 62.1. The summed E-state index contributed by atoms with van der Waals surface area (Å²) in [5.74, 6) is 0. The molecule has 0 aromatic heterocycles. The third-order valence-corrected chi connectivity index (χ3v) is 0. The van der Waals surface area contributed by atoms with Gasteiger partial charge in [-0.05, 0) is 0 Å². The largest absolute Gasteiger partial charge is 2.00 e. The first kappa shape index (κ1) is 42.8. The van der Waals surface area contributed by atoms with Crippen molar-refractivity contribution < 1.29 is 157 Å². The molecule has 0 aliphatic carbocycles. The second-order valence-corrected chi connectivity index (χ2v) is 2.68. The average molecular weight is 322 g/mol. The molecule has 0 N–H and O–H groups in total. The van der Waals surface area contributed by atoms with Gasteiger partial charge in [0.15, 0.2) is 0 Å². The van der Waals surface area contributed by atoms with Crippen LogP contribution in [0.25, 0.3) is 0 Å². The van der Waals surface area contributed by atoms with Gasteiger partial charge < -0.3 is 38.5 Å². The predicted molar refractivity (Wildman–Crippen MR) is 21.0 cm³/mol. The zero-order valence-electron chi connectivity index (χ0n) is 8.87. The van der Waals surface area contributed by atoms with E-state index in [2.05, 4.69) is 0 Å². The van der Waals surface area contributed by atoms with Gasteiger partial charge in [0.25, 0.3) is 0 Å². The van der Waals surface area contributed by atoms with Gasteiger partial charge in [0.1, 0.15) is 0 Å². The SMILES string of the molecule is O=P([O-])([O-])[O-].O=P([O-])([O-])[O-].[Ca+2].[Na+].[Na+].[Na+].[Na+]. The summed E-state index contributed by atoms with van der Waals surface area (Å²) in [6.45, 7) is 0. The minimum absolute atomic E-state index is 0. The molecule has 0 aromatic carbocycles. The Morgan fingerprint density at radius 1 is 0.533 bits per heavy atom. The first-order valence-electron chi connectivity index (χ1n) is 1.46. The number of rotatable bonds is 0. The molecule has 0 radical (unpaired) electrons. The molecule has 0 saturated heterocycles. The minimum Gasteiger partial charge on any atom is -0.822 e. The van der Waals surface area contributed by atoms with E-state index in [0.717, 1.165) is 0 Å². The summed E-state index contributed by atoms with van der Waals surface area (Å²) in [6, 6.07) is 0. The van der Waals surface area contributed by atoms with E-state index in [9.17, 15) is 0 Å². The molecule has 0 rings (SSSR count). The third kappa shape index (κ3) is 198. The third-order valence-electron chi connectivity index (χ3n) is 0. The van der Waals surface area contributed by atoms with Crippen LogP contribution in [0.1, 0.15) is 0 Å². The summed E-state index contributed by atoms with van der Waals surface area (Å²) in [4.78, 5) is 51.3. The molecule has 0 heterocycles. The summed E-state index contributed by atoms with van der Waals surface area (Å²) >= 11 is 0. The van der Waals surface area contributed by atoms with E-state index in [1.54, 1.807) is 0 Å². The molecule has 0 fully saturated rings. The smallest absolute Gasteiger partial charge is 0.822 e. The molecule has 0 saturated carbocycles. The van der Waals surface area contributed by atoms with Gasteiger partial charge in [-0.2, -0.15) is 15.6 Å². The van der Waals surface area contributed by atoms with Crippen molar-refractivity contribution in [1.29, 1.82) is 0 Å². The summed E-state index contributed by atoms with van der Waals surface area (Å²) < 4.78 is 17.1. The van der Waals surface area contributed by atoms with E-state index in [-0.39, 0.29) is 156 Å². The van der Waals surface area contributed by atoms with E-state index < -0.39 is 15.6 Å². The fourth-order valence-electron chi connectivity index (χ4n) is 0. The van der Waals surface area contributed by atoms with Crippen LogP contribution in [0.5, 0.6) is 0 Å². The van der Waals surface area contributed by atoms with Crippen LogP contribution < -0.4 is 148 Å². The van der Waals surface area contributed by atoms with Crippen LogP contribution in [0.2, 0.25) is 0 Å². The molecule has 0 aliphatic heterocycles. The van der Waals surface area contributed by atoms with Crippen molar-refractivity contribution in [3.05, 3.63) is 0 Å². The molecule has 0 spiro atoms. The number of hydrogen-bond donors (Lipinski definition) is 0. The van der Waals surface area contributed by atoms with Gasteiger partial charge in [-0.15, -0.1) is 0 Å². The van der Waals surface area contributed by atoms with Gasteiger partial charge in [-0.25, -0.2) is 0 Å². The number of hydrogen-bond acceptors (Lipinski definition) is 8. The van der Waals surface area contributed by atoms with Gasteiger partial charge >= 0.3 is 156 Å². The molecule has 15 heteroatoms. The zero-order valence-corrected chi connectivity index (χ0v) is 20.9. The van der Waals surface area contributed by atoms with Crippen LogP contribution in [0.3, 0.4) is 0 Å². The molecule has 15 heavy (non-hydrogen) atoms. The maximum Gasteiger partial charge on any atom is 2.00 e. The van der Waals surface area contributed by atoms with Crippen molar-refractivity contribution in [2.75, 3.05) is 0 Å². The standard InChI is InChI=1S/Ca.4Na.2H3O4P/c;;;;;2*1-5(2,3)4/h;;;;;2*(H3,1,2,3,4)/q+2;4*+1;;/p-6. The number of phosphoric acid groups is 2. The van der Waals surface area contributed by atoms with Crippen molar-refractivity contribution in [1.82, 2.24) is 0 Å². The Bertz CT molecular complexity index is 137. The van der Waals surface area contributed by atoms with Crippen molar-refractivity contribution in [2.24, 2.45) is 0 Å². The van der Waals surface area contributed by atoms with Gasteiger partial charge in [0.05, 0.1) is 0 Å². The van der Waals surface area contributed by atoms with Crippen LogP contribution in [-0.4, -0.2) is 37.7 Å². The Morgan fingerprint density at radius 2 is 0.533 bits per heavy atom. The topological polar surface area (TPSA) is 172 Å². The van der Waals surface area contributed by atoms with Crippen molar-refractivity contribution in [2.45, 2.75) is 0 Å². The van der Waals surface area contributed by atoms with E-state index in [1.807, 2.05) is 0 Å². The van der Waals surface area contributed by atoms with Crippen molar-refractivity contribution in [3.8, 4) is 0 Å². The second kappa shape index (κ2) is 21.8. The maximum absolute atomic E-state index is 8.55. The van der Waals surface area contributed by atoms with Crippen LogP contribution in [-0.2, 0) is 9.13 Å². The summed E-state index contributed by atoms with van der Waals surface area (Å²) in [5, 5.41) is 0. The fourth-order valence-corrected chi connectivity index (χ4v) is 0. The normalized spacial score (nSPS) is 7.87. The molecule has 0 atom stereocenters. The van der Waals surface area contributed by atoms with Crippen LogP contribution in [0.4, 0.5) is 0 Å². The molecule has 0 amide bonds. The first-order chi connectivity index (χ1) is 4.00. The van der Waals surface area contributed by atoms with Gasteiger partial charge in [0.2, 0.25) is 0 Å². The quantitative estimate of drug-likeness (QED) is 0.312. The fraction of sp³-hybridized carbons (Fsp3) is 0. The van der Waals surface area contributed by atoms with E-state index in [1.165, 1.54) is 0 Å². The molecule has 0 aliphatic rings. The zero-order chi connectivity index (χ0) is 9.00. The Balaban J connectivity index is -0.0000000128. The minimum atomic E-state index is -5.39. The van der Waals surface area contributed by atoms with Crippen molar-refractivity contribution >= 4 is 53.4 Å². The first-order valence-corrected chi connectivity index (χ1v) is 4.38.